The summed E-state index contributed by atoms with van der Waals surface area (Å²) in [5.74, 6) is -1.03. The second-order valence-electron chi connectivity index (χ2n) is 8.52. The molecule has 0 aliphatic rings. The van der Waals surface area contributed by atoms with Crippen molar-refractivity contribution in [2.75, 3.05) is 0 Å². The maximum Gasteiger partial charge on any atom is 0.416 e. The second-order valence-corrected chi connectivity index (χ2v) is 8.93. The number of aromatic carboxylic acids is 1. The third-order valence-electron chi connectivity index (χ3n) is 5.94. The minimum Gasteiger partial charge on any atom is -0.476 e. The van der Waals surface area contributed by atoms with E-state index >= 15 is 0 Å². The Labute approximate surface area is 225 Å². The van der Waals surface area contributed by atoms with Crippen LogP contribution in [0.4, 0.5) is 13.2 Å². The number of alkyl halides is 3. The summed E-state index contributed by atoms with van der Waals surface area (Å²) in [6, 6.07) is 29.6. The average Bonchev–Trinajstić information content (AvgIpc) is 3.38. The van der Waals surface area contributed by atoms with Gasteiger partial charge in [-0.05, 0) is 54.6 Å². The van der Waals surface area contributed by atoms with Gasteiger partial charge in [0.05, 0.1) is 21.6 Å². The number of rotatable bonds is 3. The monoisotopic (exact) mass is 545 g/mol. The molecule has 0 fully saturated rings. The molecule has 0 saturated heterocycles. The molecule has 2 aromatic heterocycles. The van der Waals surface area contributed by atoms with Gasteiger partial charge in [0.2, 0.25) is 0 Å². The first kappa shape index (κ1) is 25.9. The number of para-hydroxylation sites is 2. The predicted octanol–water partition coefficient (Wildman–Crippen LogP) is 8.30. The third kappa shape index (κ3) is 5.61. The van der Waals surface area contributed by atoms with Crippen molar-refractivity contribution in [1.29, 1.82) is 0 Å². The summed E-state index contributed by atoms with van der Waals surface area (Å²) >= 11 is 6.14. The number of hydrogen-bond donors (Lipinski definition) is 1. The highest BCUT2D eigenvalue weighted by atomic mass is 35.5. The number of imidazole rings is 1. The van der Waals surface area contributed by atoms with E-state index in [1.54, 1.807) is 24.3 Å². The summed E-state index contributed by atoms with van der Waals surface area (Å²) < 4.78 is 39.5. The van der Waals surface area contributed by atoms with E-state index in [-0.39, 0.29) is 11.5 Å². The summed E-state index contributed by atoms with van der Waals surface area (Å²) in [7, 11) is 0. The highest BCUT2D eigenvalue weighted by Crippen LogP contribution is 2.32. The zero-order chi connectivity index (χ0) is 27.6. The number of carboxylic acids is 1. The number of hydrogen-bond acceptors (Lipinski definition) is 3. The number of halogens is 4. The Bertz CT molecular complexity index is 1690. The molecule has 194 valence electrons. The summed E-state index contributed by atoms with van der Waals surface area (Å²) in [6.07, 6.45) is -3.21. The lowest BCUT2D eigenvalue weighted by molar-refractivity contribution is -0.137. The third-order valence-corrected chi connectivity index (χ3v) is 6.27. The molecule has 0 spiro atoms. The van der Waals surface area contributed by atoms with E-state index in [1.807, 2.05) is 36.4 Å². The Morgan fingerprint density at radius 2 is 1.33 bits per heavy atom. The van der Waals surface area contributed by atoms with Crippen molar-refractivity contribution < 1.29 is 23.1 Å². The van der Waals surface area contributed by atoms with E-state index in [0.29, 0.717) is 16.3 Å². The minimum absolute atomic E-state index is 0.225. The van der Waals surface area contributed by atoms with Gasteiger partial charge in [0.15, 0.2) is 5.69 Å². The van der Waals surface area contributed by atoms with Gasteiger partial charge < -0.3 is 5.11 Å². The van der Waals surface area contributed by atoms with Crippen LogP contribution in [0.5, 0.6) is 0 Å². The highest BCUT2D eigenvalue weighted by molar-refractivity contribution is 6.33. The van der Waals surface area contributed by atoms with Gasteiger partial charge in [0.25, 0.3) is 0 Å². The lowest BCUT2D eigenvalue weighted by Gasteiger charge is -2.11. The van der Waals surface area contributed by atoms with Crippen molar-refractivity contribution in [3.05, 3.63) is 126 Å². The van der Waals surface area contributed by atoms with Crippen LogP contribution in [0, 0.1) is 0 Å². The van der Waals surface area contributed by atoms with Crippen LogP contribution in [0.3, 0.4) is 0 Å². The average molecular weight is 546 g/mol. The molecule has 0 unspecified atom stereocenters. The summed E-state index contributed by atoms with van der Waals surface area (Å²) in [5.41, 5.74) is 1.89. The zero-order valence-corrected chi connectivity index (χ0v) is 20.9. The molecule has 5 nitrogen and oxygen atoms in total. The smallest absolute Gasteiger partial charge is 0.416 e. The molecular formula is C30H19ClF3N3O2. The lowest BCUT2D eigenvalue weighted by atomic mass is 10.1. The summed E-state index contributed by atoms with van der Waals surface area (Å²) in [6.45, 7) is 0. The Morgan fingerprint density at radius 1 is 0.769 bits per heavy atom. The SMILES string of the molecule is O=C(O)c1cn(-c2ccc(C(F)(F)F)cc2)c(-c2ccccc2Cl)n1.c1ccc2nc3ccccc3cc2c1. The first-order chi connectivity index (χ1) is 18.7. The molecule has 6 rings (SSSR count). The largest absolute Gasteiger partial charge is 0.476 e. The standard InChI is InChI=1S/C17H10ClF3N2O2.C13H9N/c18-13-4-2-1-3-12(13)15-22-14(16(24)25)9-23(15)11-7-5-10(6-8-11)17(19,20)21;1-3-7-12-10(5-1)9-11-6-2-4-8-13(11)14-12/h1-9H,(H,24,25);1-9H. The number of benzene rings is 4. The van der Waals surface area contributed by atoms with E-state index < -0.39 is 17.7 Å². The van der Waals surface area contributed by atoms with Crippen LogP contribution < -0.4 is 0 Å². The molecular weight excluding hydrogens is 527 g/mol. The number of carboxylic acid groups (broad SMARTS) is 1. The van der Waals surface area contributed by atoms with Gasteiger partial charge in [-0.2, -0.15) is 13.2 Å². The van der Waals surface area contributed by atoms with Crippen LogP contribution in [-0.4, -0.2) is 25.6 Å². The number of aromatic nitrogens is 3. The molecule has 1 N–H and O–H groups in total. The maximum atomic E-state index is 12.7. The molecule has 0 bridgehead atoms. The fourth-order valence-electron chi connectivity index (χ4n) is 4.04. The molecule has 0 atom stereocenters. The summed E-state index contributed by atoms with van der Waals surface area (Å²) in [4.78, 5) is 19.9. The molecule has 0 aliphatic heterocycles. The van der Waals surface area contributed by atoms with Crippen molar-refractivity contribution in [2.24, 2.45) is 0 Å². The molecule has 0 radical (unpaired) electrons. The number of pyridine rings is 1. The Hall–Kier alpha value is -4.69. The Morgan fingerprint density at radius 3 is 1.90 bits per heavy atom. The van der Waals surface area contributed by atoms with Crippen molar-refractivity contribution in [3.63, 3.8) is 0 Å². The van der Waals surface area contributed by atoms with Crippen LogP contribution in [0.1, 0.15) is 16.1 Å². The van der Waals surface area contributed by atoms with Gasteiger partial charge in [0.1, 0.15) is 5.82 Å². The number of fused-ring (bicyclic) bond motifs is 2. The van der Waals surface area contributed by atoms with Gasteiger partial charge in [-0.25, -0.2) is 14.8 Å². The second kappa shape index (κ2) is 10.6. The van der Waals surface area contributed by atoms with Crippen LogP contribution in [-0.2, 0) is 6.18 Å². The van der Waals surface area contributed by atoms with Gasteiger partial charge >= 0.3 is 12.1 Å². The van der Waals surface area contributed by atoms with Crippen molar-refractivity contribution in [2.45, 2.75) is 6.18 Å². The van der Waals surface area contributed by atoms with Gasteiger partial charge in [-0.3, -0.25) is 4.57 Å². The van der Waals surface area contributed by atoms with Crippen molar-refractivity contribution >= 4 is 39.4 Å². The number of carbonyl (C=O) groups is 1. The van der Waals surface area contributed by atoms with Crippen molar-refractivity contribution in [3.8, 4) is 17.1 Å². The van der Waals surface area contributed by atoms with Crippen molar-refractivity contribution in [1.82, 2.24) is 14.5 Å². The molecule has 6 aromatic rings. The fourth-order valence-corrected chi connectivity index (χ4v) is 4.26. The molecule has 4 aromatic carbocycles. The molecule has 9 heteroatoms. The quantitative estimate of drug-likeness (QED) is 0.227. The highest BCUT2D eigenvalue weighted by Gasteiger charge is 2.30. The minimum atomic E-state index is -4.45. The summed E-state index contributed by atoms with van der Waals surface area (Å²) in [5, 5.41) is 11.9. The number of nitrogens with zero attached hydrogens (tertiary/aromatic N) is 3. The lowest BCUT2D eigenvalue weighted by Crippen LogP contribution is -2.05. The Kier molecular flexibility index (Phi) is 7.04. The molecule has 0 aliphatic carbocycles. The van der Waals surface area contributed by atoms with Crippen LogP contribution in [0.15, 0.2) is 109 Å². The molecule has 0 saturated carbocycles. The first-order valence-electron chi connectivity index (χ1n) is 11.7. The fraction of sp³-hybridized carbons (Fsp3) is 0.0333. The van der Waals surface area contributed by atoms with Crippen LogP contribution in [0.25, 0.3) is 38.9 Å². The zero-order valence-electron chi connectivity index (χ0n) is 20.1. The maximum absolute atomic E-state index is 12.7. The Balaban J connectivity index is 0.000000184. The molecule has 0 amide bonds. The van der Waals surface area contributed by atoms with E-state index in [1.165, 1.54) is 33.7 Å². The van der Waals surface area contributed by atoms with Gasteiger partial charge in [0, 0.05) is 28.2 Å². The molecule has 39 heavy (non-hydrogen) atoms. The normalized spacial score (nSPS) is 11.3. The molecule has 2 heterocycles. The van der Waals surface area contributed by atoms with E-state index in [4.69, 9.17) is 11.6 Å². The van der Waals surface area contributed by atoms with Gasteiger partial charge in [-0.15, -0.1) is 0 Å². The van der Waals surface area contributed by atoms with E-state index in [9.17, 15) is 23.1 Å². The van der Waals surface area contributed by atoms with Crippen LogP contribution >= 0.6 is 11.6 Å². The van der Waals surface area contributed by atoms with E-state index in [2.05, 4.69) is 28.2 Å². The van der Waals surface area contributed by atoms with E-state index in [0.717, 1.165) is 23.2 Å². The predicted molar refractivity (Wildman–Crippen MR) is 145 cm³/mol. The first-order valence-corrected chi connectivity index (χ1v) is 12.1. The van der Waals surface area contributed by atoms with Crippen LogP contribution in [0.2, 0.25) is 5.02 Å². The topological polar surface area (TPSA) is 68.0 Å². The van der Waals surface area contributed by atoms with Gasteiger partial charge in [-0.1, -0.05) is 60.1 Å².